The van der Waals surface area contributed by atoms with Crippen LogP contribution < -0.4 is 5.32 Å². The summed E-state index contributed by atoms with van der Waals surface area (Å²) in [5, 5.41) is 11.3. The van der Waals surface area contributed by atoms with E-state index in [9.17, 15) is 18.0 Å². The summed E-state index contributed by atoms with van der Waals surface area (Å²) in [6, 6.07) is 4.81. The number of pyridine rings is 1. The molecule has 2 bridgehead atoms. The lowest BCUT2D eigenvalue weighted by Gasteiger charge is -2.28. The van der Waals surface area contributed by atoms with E-state index in [1.165, 1.54) is 12.1 Å². The van der Waals surface area contributed by atoms with Gasteiger partial charge < -0.3 is 10.1 Å². The first kappa shape index (κ1) is 15.7. The maximum absolute atomic E-state index is 13.2. The largest absolute Gasteiger partial charge is 0.395 e. The average Bonchev–Trinajstić information content (AvgIpc) is 3.07. The fraction of sp³-hybridized carbons (Fsp3) is 0.533. The normalized spacial score (nSPS) is 29.3. The summed E-state index contributed by atoms with van der Waals surface area (Å²) < 4.78 is 45.0. The third kappa shape index (κ3) is 2.77. The highest BCUT2D eigenvalue weighted by Crippen LogP contribution is 2.50. The minimum atomic E-state index is -4.48. The van der Waals surface area contributed by atoms with E-state index in [-0.39, 0.29) is 5.82 Å². The molecule has 1 aromatic heterocycles. The zero-order chi connectivity index (χ0) is 16.8. The number of nitriles is 1. The van der Waals surface area contributed by atoms with E-state index in [1.807, 2.05) is 6.07 Å². The van der Waals surface area contributed by atoms with Crippen LogP contribution in [0.3, 0.4) is 0 Å². The third-order valence-corrected chi connectivity index (χ3v) is 4.41. The zero-order valence-electron chi connectivity index (χ0n) is 12.2. The lowest BCUT2D eigenvalue weighted by molar-refractivity contribution is -0.196. The Morgan fingerprint density at radius 1 is 1.39 bits per heavy atom. The Balaban J connectivity index is 1.80. The number of alkyl halides is 3. The van der Waals surface area contributed by atoms with Crippen molar-refractivity contribution >= 4 is 11.7 Å². The molecule has 0 unspecified atom stereocenters. The smallest absolute Gasteiger partial charge is 0.373 e. The molecule has 3 heterocycles. The average molecular weight is 325 g/mol. The van der Waals surface area contributed by atoms with Crippen molar-refractivity contribution in [3.63, 3.8) is 0 Å². The topological polar surface area (TPSA) is 75.0 Å². The molecule has 23 heavy (non-hydrogen) atoms. The molecule has 1 N–H and O–H groups in total. The molecule has 4 atom stereocenters. The van der Waals surface area contributed by atoms with E-state index in [0.717, 1.165) is 0 Å². The monoisotopic (exact) mass is 325 g/mol. The number of hydrogen-bond acceptors (Lipinski definition) is 4. The maximum Gasteiger partial charge on any atom is 0.395 e. The van der Waals surface area contributed by atoms with Crippen LogP contribution in [0.4, 0.5) is 19.0 Å². The number of ether oxygens (including phenoxy) is 1. The summed E-state index contributed by atoms with van der Waals surface area (Å²) in [4.78, 5) is 16.4. The first-order valence-electron chi connectivity index (χ1n) is 7.22. The highest BCUT2D eigenvalue weighted by molar-refractivity contribution is 5.92. The Labute approximate surface area is 130 Å². The summed E-state index contributed by atoms with van der Waals surface area (Å²) in [6.07, 6.45) is -5.34. The number of anilines is 1. The van der Waals surface area contributed by atoms with Crippen LogP contribution in [0.2, 0.25) is 0 Å². The lowest BCUT2D eigenvalue weighted by atomic mass is 9.78. The van der Waals surface area contributed by atoms with Gasteiger partial charge in [-0.15, -0.1) is 0 Å². The van der Waals surface area contributed by atoms with Crippen molar-refractivity contribution in [1.29, 1.82) is 5.26 Å². The number of hydrogen-bond donors (Lipinski definition) is 1. The molecule has 0 aromatic carbocycles. The Hall–Kier alpha value is -2.14. The fourth-order valence-corrected chi connectivity index (χ4v) is 3.38. The number of aryl methyl sites for hydroxylation is 1. The van der Waals surface area contributed by atoms with E-state index < -0.39 is 36.1 Å². The minimum Gasteiger partial charge on any atom is -0.373 e. The fourth-order valence-electron chi connectivity index (χ4n) is 3.38. The second kappa shape index (κ2) is 5.49. The Morgan fingerprint density at radius 3 is 2.70 bits per heavy atom. The molecule has 2 saturated heterocycles. The van der Waals surface area contributed by atoms with Gasteiger partial charge in [0.05, 0.1) is 35.3 Å². The SMILES string of the molecule is Cc1nc(NC(=O)[C@@H]2[C@H](C(F)(F)F)[C@H]3CC[C@H]2O3)ccc1C#N. The Bertz CT molecular complexity index is 684. The van der Waals surface area contributed by atoms with Crippen molar-refractivity contribution in [2.45, 2.75) is 38.1 Å². The molecule has 5 nitrogen and oxygen atoms in total. The van der Waals surface area contributed by atoms with Crippen LogP contribution in [0, 0.1) is 30.1 Å². The van der Waals surface area contributed by atoms with Gasteiger partial charge >= 0.3 is 6.18 Å². The Morgan fingerprint density at radius 2 is 2.09 bits per heavy atom. The standard InChI is InChI=1S/C15H14F3N3O2/c1-7-8(6-19)2-5-11(20-7)21-14(22)12-9-3-4-10(23-9)13(12)15(16,17)18/h2,5,9-10,12-13H,3-4H2,1H3,(H,20,21,22)/t9-,10-,12+,13-/m1/s1. The predicted molar refractivity (Wildman–Crippen MR) is 73.2 cm³/mol. The quantitative estimate of drug-likeness (QED) is 0.907. The number of nitrogens with zero attached hydrogens (tertiary/aromatic N) is 2. The van der Waals surface area contributed by atoms with Gasteiger partial charge in [-0.3, -0.25) is 4.79 Å². The van der Waals surface area contributed by atoms with Gasteiger partial charge in [0.2, 0.25) is 5.91 Å². The van der Waals surface area contributed by atoms with E-state index in [2.05, 4.69) is 10.3 Å². The predicted octanol–water partition coefficient (Wildman–Crippen LogP) is 2.56. The number of rotatable bonds is 2. The number of fused-ring (bicyclic) bond motifs is 2. The highest BCUT2D eigenvalue weighted by Gasteiger charge is 2.62. The molecule has 3 rings (SSSR count). The Kier molecular flexibility index (Phi) is 3.76. The van der Waals surface area contributed by atoms with E-state index in [0.29, 0.717) is 24.1 Å². The van der Waals surface area contributed by atoms with Gasteiger partial charge in [-0.1, -0.05) is 0 Å². The number of nitrogens with one attached hydrogen (secondary N) is 1. The highest BCUT2D eigenvalue weighted by atomic mass is 19.4. The van der Waals surface area contributed by atoms with Gasteiger partial charge in [-0.2, -0.15) is 18.4 Å². The molecule has 2 aliphatic rings. The summed E-state index contributed by atoms with van der Waals surface area (Å²) in [7, 11) is 0. The summed E-state index contributed by atoms with van der Waals surface area (Å²) >= 11 is 0. The summed E-state index contributed by atoms with van der Waals surface area (Å²) in [5.74, 6) is -3.64. The van der Waals surface area contributed by atoms with E-state index in [1.54, 1.807) is 6.92 Å². The molecule has 0 saturated carbocycles. The molecule has 0 aliphatic carbocycles. The number of aromatic nitrogens is 1. The molecular weight excluding hydrogens is 311 g/mol. The molecule has 8 heteroatoms. The number of amides is 1. The molecule has 2 aliphatic heterocycles. The van der Waals surface area contributed by atoms with Crippen LogP contribution in [0.5, 0.6) is 0 Å². The van der Waals surface area contributed by atoms with Crippen LogP contribution in [0.1, 0.15) is 24.1 Å². The van der Waals surface area contributed by atoms with Crippen LogP contribution >= 0.6 is 0 Å². The lowest BCUT2D eigenvalue weighted by Crippen LogP contribution is -2.44. The van der Waals surface area contributed by atoms with E-state index >= 15 is 0 Å². The molecule has 0 radical (unpaired) electrons. The van der Waals surface area contributed by atoms with Gasteiger partial charge in [0, 0.05) is 0 Å². The van der Waals surface area contributed by atoms with Crippen molar-refractivity contribution in [2.75, 3.05) is 5.32 Å². The summed E-state index contributed by atoms with van der Waals surface area (Å²) in [5.41, 5.74) is 0.751. The van der Waals surface area contributed by atoms with Gasteiger partial charge in [0.1, 0.15) is 11.9 Å². The van der Waals surface area contributed by atoms with Gasteiger partial charge in [-0.05, 0) is 31.9 Å². The molecule has 122 valence electrons. The molecule has 1 amide bonds. The van der Waals surface area contributed by atoms with Gasteiger partial charge in [0.15, 0.2) is 0 Å². The second-order valence-electron chi connectivity index (χ2n) is 5.81. The van der Waals surface area contributed by atoms with Crippen LogP contribution in [0.15, 0.2) is 12.1 Å². The first-order chi connectivity index (χ1) is 10.8. The molecule has 2 fully saturated rings. The minimum absolute atomic E-state index is 0.134. The number of carbonyl (C=O) groups excluding carboxylic acids is 1. The zero-order valence-corrected chi connectivity index (χ0v) is 12.2. The van der Waals surface area contributed by atoms with E-state index in [4.69, 9.17) is 10.00 Å². The van der Waals surface area contributed by atoms with Crippen molar-refractivity contribution in [3.8, 4) is 6.07 Å². The van der Waals surface area contributed by atoms with Gasteiger partial charge in [0.25, 0.3) is 0 Å². The van der Waals surface area contributed by atoms with Crippen molar-refractivity contribution < 1.29 is 22.7 Å². The molecule has 1 aromatic rings. The van der Waals surface area contributed by atoms with Crippen molar-refractivity contribution in [1.82, 2.24) is 4.98 Å². The summed E-state index contributed by atoms with van der Waals surface area (Å²) in [6.45, 7) is 1.59. The van der Waals surface area contributed by atoms with Crippen LogP contribution in [-0.4, -0.2) is 29.3 Å². The maximum atomic E-state index is 13.2. The first-order valence-corrected chi connectivity index (χ1v) is 7.22. The molecular formula is C15H14F3N3O2. The second-order valence-corrected chi connectivity index (χ2v) is 5.81. The van der Waals surface area contributed by atoms with Crippen LogP contribution in [0.25, 0.3) is 0 Å². The van der Waals surface area contributed by atoms with Gasteiger partial charge in [-0.25, -0.2) is 4.98 Å². The number of carbonyl (C=O) groups is 1. The van der Waals surface area contributed by atoms with Crippen LogP contribution in [-0.2, 0) is 9.53 Å². The number of halogens is 3. The van der Waals surface area contributed by atoms with Crippen molar-refractivity contribution in [3.05, 3.63) is 23.4 Å². The molecule has 0 spiro atoms. The third-order valence-electron chi connectivity index (χ3n) is 4.41. The van der Waals surface area contributed by atoms with Crippen molar-refractivity contribution in [2.24, 2.45) is 11.8 Å².